The summed E-state index contributed by atoms with van der Waals surface area (Å²) in [5, 5.41) is 14.6. The lowest BCUT2D eigenvalue weighted by atomic mass is 11.0. The largest absolute Gasteiger partial charge is 0.477 e. The van der Waals surface area contributed by atoms with Crippen LogP contribution in [0.15, 0.2) is 12.0 Å². The van der Waals surface area contributed by atoms with Gasteiger partial charge in [0.25, 0.3) is 0 Å². The Hall–Kier alpha value is -0.800. The Morgan fingerprint density at radius 3 is 1.33 bits per heavy atom. The fourth-order valence-corrected chi connectivity index (χ4v) is 0. The van der Waals surface area contributed by atoms with Gasteiger partial charge in [0.15, 0.2) is 0 Å². The highest BCUT2D eigenvalue weighted by Gasteiger charge is 1.95. The van der Waals surface area contributed by atoms with Crippen LogP contribution in [0.5, 0.6) is 0 Å². The minimum atomic E-state index is -2.46. The zero-order valence-corrected chi connectivity index (χ0v) is 2.65. The standard InChI is InChI=1S/C2H2F2O2/c3-1(4)2(5)6/h5-6H. The SMILES string of the molecule is OC(O)=C(F)F. The first kappa shape index (κ1) is 5.20. The summed E-state index contributed by atoms with van der Waals surface area (Å²) in [6.45, 7) is 0. The molecular weight excluding hydrogens is 94.0 g/mol. The van der Waals surface area contributed by atoms with E-state index in [1.165, 1.54) is 0 Å². The molecule has 2 N–H and O–H groups in total. The van der Waals surface area contributed by atoms with E-state index in [1.807, 2.05) is 0 Å². The number of rotatable bonds is 0. The van der Waals surface area contributed by atoms with Crippen LogP contribution < -0.4 is 0 Å². The van der Waals surface area contributed by atoms with Crippen LogP contribution in [0.25, 0.3) is 0 Å². The summed E-state index contributed by atoms with van der Waals surface area (Å²) in [5.41, 5.74) is 0. The molecule has 2 nitrogen and oxygen atoms in total. The van der Waals surface area contributed by atoms with E-state index in [0.29, 0.717) is 0 Å². The van der Waals surface area contributed by atoms with Crippen LogP contribution in [0.1, 0.15) is 0 Å². The zero-order valence-electron chi connectivity index (χ0n) is 2.65. The van der Waals surface area contributed by atoms with Crippen molar-refractivity contribution >= 4 is 0 Å². The Morgan fingerprint density at radius 2 is 1.33 bits per heavy atom. The summed E-state index contributed by atoms with van der Waals surface area (Å²) in [7, 11) is 0. The molecule has 0 spiro atoms. The Morgan fingerprint density at radius 1 is 1.17 bits per heavy atom. The molecule has 0 atom stereocenters. The molecule has 6 heavy (non-hydrogen) atoms. The molecule has 0 unspecified atom stereocenters. The molecule has 0 aliphatic carbocycles. The molecule has 36 valence electrons. The molecule has 0 radical (unpaired) electrons. The quantitative estimate of drug-likeness (QED) is 0.444. The van der Waals surface area contributed by atoms with Crippen LogP contribution in [0.3, 0.4) is 0 Å². The molecule has 0 bridgehead atoms. The summed E-state index contributed by atoms with van der Waals surface area (Å²) in [6, 6.07) is 0. The van der Waals surface area contributed by atoms with Crippen molar-refractivity contribution in [2.75, 3.05) is 0 Å². The van der Waals surface area contributed by atoms with E-state index < -0.39 is 12.0 Å². The third-order valence-corrected chi connectivity index (χ3v) is 0.169. The fraction of sp³-hybridized carbons (Fsp3) is 0. The molecule has 0 aromatic carbocycles. The number of aliphatic hydroxyl groups is 2. The number of aliphatic hydroxyl groups excluding tert-OH is 1. The van der Waals surface area contributed by atoms with E-state index >= 15 is 0 Å². The summed E-state index contributed by atoms with van der Waals surface area (Å²) in [6.07, 6.45) is -2.46. The van der Waals surface area contributed by atoms with E-state index in [0.717, 1.165) is 0 Å². The lowest BCUT2D eigenvalue weighted by Gasteiger charge is -1.77. The maximum absolute atomic E-state index is 10.5. The van der Waals surface area contributed by atoms with E-state index in [4.69, 9.17) is 10.2 Å². The molecule has 0 aromatic rings. The minimum absolute atomic E-state index is 1.91. The highest BCUT2D eigenvalue weighted by atomic mass is 19.3. The van der Waals surface area contributed by atoms with Crippen molar-refractivity contribution < 1.29 is 19.0 Å². The van der Waals surface area contributed by atoms with Gasteiger partial charge in [0.2, 0.25) is 0 Å². The van der Waals surface area contributed by atoms with Gasteiger partial charge in [-0.05, 0) is 0 Å². The average molecular weight is 96.0 g/mol. The van der Waals surface area contributed by atoms with Crippen LogP contribution in [-0.2, 0) is 0 Å². The van der Waals surface area contributed by atoms with Gasteiger partial charge in [0.1, 0.15) is 0 Å². The average Bonchev–Trinajstić information content (AvgIpc) is 1.36. The topological polar surface area (TPSA) is 40.5 Å². The predicted molar refractivity (Wildman–Crippen MR) is 14.5 cm³/mol. The van der Waals surface area contributed by atoms with E-state index in [1.54, 1.807) is 0 Å². The van der Waals surface area contributed by atoms with Crippen molar-refractivity contribution in [3.63, 3.8) is 0 Å². The maximum Gasteiger partial charge on any atom is 0.349 e. The Kier molecular flexibility index (Phi) is 1.38. The van der Waals surface area contributed by atoms with Crippen LogP contribution >= 0.6 is 0 Å². The molecule has 0 saturated carbocycles. The van der Waals surface area contributed by atoms with Crippen molar-refractivity contribution in [1.29, 1.82) is 0 Å². The monoisotopic (exact) mass is 96.0 g/mol. The second-order valence-corrected chi connectivity index (χ2v) is 0.584. The first-order valence-corrected chi connectivity index (χ1v) is 1.08. The number of halogens is 2. The summed E-state index contributed by atoms with van der Waals surface area (Å²) in [4.78, 5) is 0. The van der Waals surface area contributed by atoms with E-state index in [2.05, 4.69) is 0 Å². The van der Waals surface area contributed by atoms with Gasteiger partial charge < -0.3 is 10.2 Å². The second kappa shape index (κ2) is 1.59. The molecule has 0 aromatic heterocycles. The van der Waals surface area contributed by atoms with Crippen LogP contribution in [0.4, 0.5) is 8.78 Å². The van der Waals surface area contributed by atoms with Gasteiger partial charge in [-0.3, -0.25) is 0 Å². The Labute approximate surface area is 32.3 Å². The van der Waals surface area contributed by atoms with Gasteiger partial charge in [-0.1, -0.05) is 0 Å². The van der Waals surface area contributed by atoms with Gasteiger partial charge in [0.05, 0.1) is 0 Å². The van der Waals surface area contributed by atoms with Crippen LogP contribution in [0.2, 0.25) is 0 Å². The highest BCUT2D eigenvalue weighted by Crippen LogP contribution is 1.98. The predicted octanol–water partition coefficient (Wildman–Crippen LogP) is 1.17. The van der Waals surface area contributed by atoms with Gasteiger partial charge in [-0.2, -0.15) is 8.78 Å². The highest BCUT2D eigenvalue weighted by molar-refractivity contribution is 4.75. The van der Waals surface area contributed by atoms with Crippen molar-refractivity contribution in [3.05, 3.63) is 12.0 Å². The third kappa shape index (κ3) is 1.51. The molecule has 0 amide bonds. The van der Waals surface area contributed by atoms with Crippen LogP contribution in [-0.4, -0.2) is 10.2 Å². The van der Waals surface area contributed by atoms with Crippen molar-refractivity contribution in [3.8, 4) is 0 Å². The van der Waals surface area contributed by atoms with E-state index in [9.17, 15) is 8.78 Å². The van der Waals surface area contributed by atoms with Gasteiger partial charge in [0, 0.05) is 0 Å². The minimum Gasteiger partial charge on any atom is -0.477 e. The summed E-state index contributed by atoms with van der Waals surface area (Å²) in [5.74, 6) is -1.91. The Balaban J connectivity index is 3.68. The molecule has 0 aliphatic heterocycles. The second-order valence-electron chi connectivity index (χ2n) is 0.584. The molecule has 0 fully saturated rings. The van der Waals surface area contributed by atoms with Crippen molar-refractivity contribution in [2.45, 2.75) is 0 Å². The maximum atomic E-state index is 10.5. The Bertz CT molecular complexity index is 59.6. The van der Waals surface area contributed by atoms with Crippen LogP contribution in [0, 0.1) is 0 Å². The van der Waals surface area contributed by atoms with Gasteiger partial charge in [-0.25, -0.2) is 0 Å². The molecule has 0 heterocycles. The molecule has 4 heteroatoms. The first-order chi connectivity index (χ1) is 2.64. The smallest absolute Gasteiger partial charge is 0.349 e. The first-order valence-electron chi connectivity index (χ1n) is 1.08. The molecule has 0 rings (SSSR count). The normalized spacial score (nSPS) is 7.67. The third-order valence-electron chi connectivity index (χ3n) is 0.169. The summed E-state index contributed by atoms with van der Waals surface area (Å²) < 4.78 is 21.1. The van der Waals surface area contributed by atoms with Crippen molar-refractivity contribution in [2.24, 2.45) is 0 Å². The van der Waals surface area contributed by atoms with Crippen molar-refractivity contribution in [1.82, 2.24) is 0 Å². The fourth-order valence-electron chi connectivity index (χ4n) is 0. The molecule has 0 aliphatic rings. The zero-order chi connectivity index (χ0) is 5.15. The lowest BCUT2D eigenvalue weighted by molar-refractivity contribution is 0.151. The summed E-state index contributed by atoms with van der Waals surface area (Å²) >= 11 is 0. The molecular formula is C2H2F2O2. The lowest BCUT2D eigenvalue weighted by Crippen LogP contribution is -1.74. The molecule has 0 saturated heterocycles. The number of hydrogen-bond donors (Lipinski definition) is 2. The van der Waals surface area contributed by atoms with Gasteiger partial charge >= 0.3 is 12.0 Å². The van der Waals surface area contributed by atoms with E-state index in [-0.39, 0.29) is 0 Å². The van der Waals surface area contributed by atoms with Gasteiger partial charge in [-0.15, -0.1) is 0 Å². The number of hydrogen-bond acceptors (Lipinski definition) is 2.